The molecule has 8 nitrogen and oxygen atoms in total. The number of fused-ring (bicyclic) bond motifs is 1. The average molecular weight is 632 g/mol. The molecule has 2 aromatic rings. The van der Waals surface area contributed by atoms with Crippen LogP contribution >= 0.6 is 0 Å². The van der Waals surface area contributed by atoms with Gasteiger partial charge in [-0.25, -0.2) is 9.18 Å². The van der Waals surface area contributed by atoms with Gasteiger partial charge in [0.25, 0.3) is 5.91 Å². The molecule has 2 aliphatic heterocycles. The van der Waals surface area contributed by atoms with Gasteiger partial charge in [-0.3, -0.25) is 9.69 Å². The molecular formula is C37H50FN5O3. The normalized spacial score (nSPS) is 18.6. The van der Waals surface area contributed by atoms with Crippen molar-refractivity contribution in [3.05, 3.63) is 70.0 Å². The van der Waals surface area contributed by atoms with E-state index in [-0.39, 0.29) is 29.8 Å². The van der Waals surface area contributed by atoms with Gasteiger partial charge in [-0.1, -0.05) is 12.1 Å². The van der Waals surface area contributed by atoms with Gasteiger partial charge in [-0.15, -0.1) is 0 Å². The third kappa shape index (κ3) is 8.26. The Morgan fingerprint density at radius 2 is 1.74 bits per heavy atom. The van der Waals surface area contributed by atoms with Crippen LogP contribution in [0.5, 0.6) is 0 Å². The van der Waals surface area contributed by atoms with E-state index in [4.69, 9.17) is 4.74 Å². The number of amides is 2. The van der Waals surface area contributed by atoms with Crippen molar-refractivity contribution in [2.75, 3.05) is 53.4 Å². The first kappa shape index (κ1) is 33.9. The van der Waals surface area contributed by atoms with Crippen LogP contribution < -0.4 is 0 Å². The molecule has 5 rings (SSSR count). The van der Waals surface area contributed by atoms with Gasteiger partial charge in [-0.2, -0.15) is 5.26 Å². The molecule has 46 heavy (non-hydrogen) atoms. The maximum absolute atomic E-state index is 13.8. The molecule has 0 bridgehead atoms. The van der Waals surface area contributed by atoms with Crippen molar-refractivity contribution in [2.24, 2.45) is 0 Å². The van der Waals surface area contributed by atoms with Gasteiger partial charge in [0.05, 0.1) is 11.6 Å². The molecule has 2 amide bonds. The minimum atomic E-state index is -0.494. The van der Waals surface area contributed by atoms with Gasteiger partial charge in [-0.05, 0) is 113 Å². The van der Waals surface area contributed by atoms with Crippen LogP contribution in [-0.4, -0.2) is 103 Å². The predicted octanol–water partition coefficient (Wildman–Crippen LogP) is 5.84. The molecular weight excluding hydrogens is 581 g/mol. The van der Waals surface area contributed by atoms with E-state index in [1.807, 2.05) is 53.1 Å². The summed E-state index contributed by atoms with van der Waals surface area (Å²) < 4.78 is 19.4. The van der Waals surface area contributed by atoms with Gasteiger partial charge < -0.3 is 19.4 Å². The summed E-state index contributed by atoms with van der Waals surface area (Å²) in [6, 6.07) is 13.3. The van der Waals surface area contributed by atoms with Gasteiger partial charge in [0.15, 0.2) is 0 Å². The first-order valence-electron chi connectivity index (χ1n) is 16.9. The van der Waals surface area contributed by atoms with Crippen LogP contribution in [0.4, 0.5) is 9.18 Å². The van der Waals surface area contributed by atoms with E-state index in [0.29, 0.717) is 23.7 Å². The Labute approximate surface area is 274 Å². The van der Waals surface area contributed by atoms with Crippen LogP contribution in [0.3, 0.4) is 0 Å². The van der Waals surface area contributed by atoms with E-state index < -0.39 is 5.60 Å². The fraction of sp³-hybridized carbons (Fsp3) is 0.595. The van der Waals surface area contributed by atoms with E-state index in [9.17, 15) is 19.2 Å². The van der Waals surface area contributed by atoms with E-state index in [2.05, 4.69) is 15.9 Å². The Hall–Kier alpha value is -3.48. The van der Waals surface area contributed by atoms with Crippen molar-refractivity contribution >= 4 is 12.0 Å². The molecule has 0 spiro atoms. The van der Waals surface area contributed by atoms with E-state index >= 15 is 0 Å². The van der Waals surface area contributed by atoms with Crippen LogP contribution in [0.25, 0.3) is 0 Å². The Morgan fingerprint density at radius 3 is 2.39 bits per heavy atom. The van der Waals surface area contributed by atoms with Crippen LogP contribution in [-0.2, 0) is 17.6 Å². The van der Waals surface area contributed by atoms with Crippen molar-refractivity contribution in [1.29, 1.82) is 5.26 Å². The Kier molecular flexibility index (Phi) is 10.7. The zero-order valence-electron chi connectivity index (χ0n) is 28.2. The molecule has 0 N–H and O–H groups in total. The summed E-state index contributed by atoms with van der Waals surface area (Å²) in [5.41, 5.74) is 3.95. The Morgan fingerprint density at radius 1 is 1.07 bits per heavy atom. The topological polar surface area (TPSA) is 80.1 Å². The van der Waals surface area contributed by atoms with Gasteiger partial charge >= 0.3 is 6.09 Å². The summed E-state index contributed by atoms with van der Waals surface area (Å²) >= 11 is 0. The van der Waals surface area contributed by atoms with Gasteiger partial charge in [0, 0.05) is 70.4 Å². The lowest BCUT2D eigenvalue weighted by Gasteiger charge is -2.48. The standard InChI is InChI=1S/C37H50FN5O3/c1-37(2,3)46-36(45)41(5)31-15-18-43(19-16-31)32-24-42(25-32)17-14-29(27-10-12-30(38)13-11-27)23-40(4)35(44)34-21-26(22-39)20-28-8-6-7-9-33(28)34/h10-13,20-21,29,31-32H,6-9,14-19,23-25H2,1-5H3/t29-/m1/s1. The summed E-state index contributed by atoms with van der Waals surface area (Å²) in [6.45, 7) is 11.1. The molecule has 2 heterocycles. The number of aryl methyl sites for hydroxylation is 1. The summed E-state index contributed by atoms with van der Waals surface area (Å²) in [5, 5.41) is 9.61. The van der Waals surface area contributed by atoms with Crippen LogP contribution in [0.15, 0.2) is 36.4 Å². The molecule has 2 saturated heterocycles. The quantitative estimate of drug-likeness (QED) is 0.346. The molecule has 0 aromatic heterocycles. The largest absolute Gasteiger partial charge is 0.444 e. The number of benzene rings is 2. The highest BCUT2D eigenvalue weighted by Crippen LogP contribution is 2.30. The molecule has 0 saturated carbocycles. The SMILES string of the molecule is CN(C[C@@H](CCN1CC(N2CCC(N(C)C(=O)OC(C)(C)C)CC2)C1)c1ccc(F)cc1)C(=O)c1cc(C#N)cc2c1CCCC2. The lowest BCUT2D eigenvalue weighted by Crippen LogP contribution is -2.61. The van der Waals surface area contributed by atoms with Crippen molar-refractivity contribution in [3.63, 3.8) is 0 Å². The number of likely N-dealkylation sites (N-methyl/N-ethyl adjacent to an activating group) is 1. The van der Waals surface area contributed by atoms with Gasteiger partial charge in [0.2, 0.25) is 0 Å². The Balaban J connectivity index is 1.15. The van der Waals surface area contributed by atoms with Crippen molar-refractivity contribution in [1.82, 2.24) is 19.6 Å². The number of carbonyl (C=O) groups is 2. The fourth-order valence-corrected chi connectivity index (χ4v) is 7.26. The lowest BCUT2D eigenvalue weighted by molar-refractivity contribution is -0.00607. The number of halogens is 1. The maximum Gasteiger partial charge on any atom is 0.410 e. The highest BCUT2D eigenvalue weighted by Gasteiger charge is 2.36. The number of hydrogen-bond acceptors (Lipinski definition) is 6. The molecule has 9 heteroatoms. The molecule has 3 aliphatic rings. The summed E-state index contributed by atoms with van der Waals surface area (Å²) in [4.78, 5) is 34.9. The van der Waals surface area contributed by atoms with Crippen LogP contribution in [0.1, 0.15) is 91.4 Å². The fourth-order valence-electron chi connectivity index (χ4n) is 7.26. The number of likely N-dealkylation sites (tertiary alicyclic amines) is 2. The first-order valence-corrected chi connectivity index (χ1v) is 16.9. The second-order valence-corrected chi connectivity index (χ2v) is 14.5. The van der Waals surface area contributed by atoms with Gasteiger partial charge in [0.1, 0.15) is 11.4 Å². The van der Waals surface area contributed by atoms with Crippen molar-refractivity contribution in [2.45, 2.75) is 89.3 Å². The van der Waals surface area contributed by atoms with E-state index in [1.165, 1.54) is 12.1 Å². The summed E-state index contributed by atoms with van der Waals surface area (Å²) in [7, 11) is 3.69. The number of rotatable bonds is 9. The lowest BCUT2D eigenvalue weighted by atomic mass is 9.86. The average Bonchev–Trinajstić information content (AvgIpc) is 3.02. The van der Waals surface area contributed by atoms with E-state index in [1.54, 1.807) is 15.9 Å². The number of piperidine rings is 1. The van der Waals surface area contributed by atoms with Crippen molar-refractivity contribution < 1.29 is 18.7 Å². The minimum absolute atomic E-state index is 0.0490. The molecule has 1 atom stereocenters. The third-order valence-electron chi connectivity index (χ3n) is 9.98. The molecule has 248 valence electrons. The second-order valence-electron chi connectivity index (χ2n) is 14.5. The van der Waals surface area contributed by atoms with Crippen LogP contribution in [0, 0.1) is 17.1 Å². The molecule has 2 aromatic carbocycles. The smallest absolute Gasteiger partial charge is 0.410 e. The number of carbonyl (C=O) groups excluding carboxylic acids is 2. The molecule has 0 radical (unpaired) electrons. The first-order chi connectivity index (χ1) is 21.9. The number of nitrogens with zero attached hydrogens (tertiary/aromatic N) is 5. The predicted molar refractivity (Wildman–Crippen MR) is 177 cm³/mol. The Bertz CT molecular complexity index is 1420. The summed E-state index contributed by atoms with van der Waals surface area (Å²) in [5.74, 6) is -0.256. The monoisotopic (exact) mass is 631 g/mol. The van der Waals surface area contributed by atoms with E-state index in [0.717, 1.165) is 94.4 Å². The summed E-state index contributed by atoms with van der Waals surface area (Å²) in [6.07, 6.45) is 6.40. The molecule has 0 unspecified atom stereocenters. The molecule has 2 fully saturated rings. The van der Waals surface area contributed by atoms with Crippen LogP contribution in [0.2, 0.25) is 0 Å². The highest BCUT2D eigenvalue weighted by atomic mass is 19.1. The highest BCUT2D eigenvalue weighted by molar-refractivity contribution is 5.96. The maximum atomic E-state index is 13.8. The number of hydrogen-bond donors (Lipinski definition) is 0. The number of ether oxygens (including phenoxy) is 1. The van der Waals surface area contributed by atoms with Crippen molar-refractivity contribution in [3.8, 4) is 6.07 Å². The second kappa shape index (κ2) is 14.5. The minimum Gasteiger partial charge on any atom is -0.444 e. The molecule has 1 aliphatic carbocycles. The zero-order chi connectivity index (χ0) is 33.0. The zero-order valence-corrected chi connectivity index (χ0v) is 28.2. The third-order valence-corrected chi connectivity index (χ3v) is 9.98. The number of nitriles is 1.